The van der Waals surface area contributed by atoms with E-state index in [0.717, 1.165) is 32.1 Å². The number of nitrogens with two attached hydrogens (primary N) is 1. The summed E-state index contributed by atoms with van der Waals surface area (Å²) in [4.78, 5) is 0.352. The fourth-order valence-corrected chi connectivity index (χ4v) is 4.11. The van der Waals surface area contributed by atoms with Gasteiger partial charge in [-0.15, -0.1) is 0 Å². The second kappa shape index (κ2) is 6.90. The molecule has 0 aliphatic heterocycles. The predicted molar refractivity (Wildman–Crippen MR) is 85.5 cm³/mol. The smallest absolute Gasteiger partial charge is 0.240 e. The second-order valence-electron chi connectivity index (χ2n) is 6.47. The van der Waals surface area contributed by atoms with Crippen LogP contribution in [0.1, 0.15) is 45.1 Å². The molecule has 3 N–H and O–H groups in total. The van der Waals surface area contributed by atoms with E-state index in [1.54, 1.807) is 12.1 Å². The van der Waals surface area contributed by atoms with Crippen molar-refractivity contribution in [1.82, 2.24) is 4.72 Å². The average Bonchev–Trinajstić information content (AvgIpc) is 2.41. The molecule has 1 aliphatic rings. The molecule has 0 unspecified atom stereocenters. The van der Waals surface area contributed by atoms with Gasteiger partial charge in [0.2, 0.25) is 10.0 Å². The minimum Gasteiger partial charge on any atom is -0.328 e. The molecule has 0 amide bonds. The van der Waals surface area contributed by atoms with Crippen molar-refractivity contribution in [2.75, 3.05) is 0 Å². The average molecular weight is 310 g/mol. The zero-order chi connectivity index (χ0) is 15.5. The first-order chi connectivity index (χ1) is 9.87. The van der Waals surface area contributed by atoms with Crippen molar-refractivity contribution < 1.29 is 8.42 Å². The molecule has 1 saturated carbocycles. The molecule has 0 aromatic heterocycles. The highest BCUT2D eigenvalue weighted by atomic mass is 32.2. The first-order valence-corrected chi connectivity index (χ1v) is 9.22. The van der Waals surface area contributed by atoms with Gasteiger partial charge < -0.3 is 5.73 Å². The third-order valence-electron chi connectivity index (χ3n) is 3.97. The van der Waals surface area contributed by atoms with Crippen molar-refractivity contribution in [3.63, 3.8) is 0 Å². The molecular formula is C16H26N2O2S. The number of rotatable bonds is 5. The van der Waals surface area contributed by atoms with Crippen LogP contribution in [0.2, 0.25) is 0 Å². The Kier molecular flexibility index (Phi) is 5.41. The van der Waals surface area contributed by atoms with E-state index in [4.69, 9.17) is 5.73 Å². The van der Waals surface area contributed by atoms with E-state index in [-0.39, 0.29) is 12.1 Å². The number of nitrogens with one attached hydrogen (secondary N) is 1. The largest absolute Gasteiger partial charge is 0.328 e. The number of sulfonamides is 1. The molecule has 21 heavy (non-hydrogen) atoms. The van der Waals surface area contributed by atoms with Crippen molar-refractivity contribution in [3.05, 3.63) is 29.8 Å². The molecule has 2 rings (SSSR count). The van der Waals surface area contributed by atoms with Crippen LogP contribution in [0.25, 0.3) is 0 Å². The van der Waals surface area contributed by atoms with Crippen molar-refractivity contribution in [3.8, 4) is 0 Å². The zero-order valence-corrected chi connectivity index (χ0v) is 13.7. The minimum atomic E-state index is -3.41. The summed E-state index contributed by atoms with van der Waals surface area (Å²) >= 11 is 0. The number of hydrogen-bond acceptors (Lipinski definition) is 3. The monoisotopic (exact) mass is 310 g/mol. The van der Waals surface area contributed by atoms with Gasteiger partial charge >= 0.3 is 0 Å². The fourth-order valence-electron chi connectivity index (χ4n) is 2.80. The maximum atomic E-state index is 12.4. The van der Waals surface area contributed by atoms with Gasteiger partial charge in [0.05, 0.1) is 4.90 Å². The Labute approximate surface area is 128 Å². The van der Waals surface area contributed by atoms with E-state index in [1.165, 1.54) is 5.56 Å². The van der Waals surface area contributed by atoms with Gasteiger partial charge in [0.25, 0.3) is 0 Å². The summed E-state index contributed by atoms with van der Waals surface area (Å²) in [5.74, 6) is 0.567. The fraction of sp³-hybridized carbons (Fsp3) is 0.625. The van der Waals surface area contributed by atoms with Crippen molar-refractivity contribution >= 4 is 10.0 Å². The zero-order valence-electron chi connectivity index (χ0n) is 12.9. The van der Waals surface area contributed by atoms with Crippen LogP contribution in [0.3, 0.4) is 0 Å². The van der Waals surface area contributed by atoms with Crippen LogP contribution in [0.5, 0.6) is 0 Å². The van der Waals surface area contributed by atoms with Crippen molar-refractivity contribution in [2.24, 2.45) is 11.7 Å². The van der Waals surface area contributed by atoms with Gasteiger partial charge in [-0.25, -0.2) is 13.1 Å². The molecule has 0 heterocycles. The van der Waals surface area contributed by atoms with Crippen molar-refractivity contribution in [2.45, 2.75) is 62.9 Å². The second-order valence-corrected chi connectivity index (χ2v) is 8.19. The Morgan fingerprint density at radius 1 is 1.14 bits per heavy atom. The van der Waals surface area contributed by atoms with Crippen molar-refractivity contribution in [1.29, 1.82) is 0 Å². The van der Waals surface area contributed by atoms with E-state index < -0.39 is 10.0 Å². The van der Waals surface area contributed by atoms with Crippen LogP contribution in [-0.2, 0) is 16.4 Å². The Hall–Kier alpha value is -0.910. The molecule has 1 aliphatic carbocycles. The summed E-state index contributed by atoms with van der Waals surface area (Å²) in [5.41, 5.74) is 7.02. The van der Waals surface area contributed by atoms with E-state index in [0.29, 0.717) is 10.8 Å². The van der Waals surface area contributed by atoms with Gasteiger partial charge in [-0.1, -0.05) is 26.0 Å². The van der Waals surface area contributed by atoms with Crippen LogP contribution in [0.15, 0.2) is 29.2 Å². The van der Waals surface area contributed by atoms with E-state index in [1.807, 2.05) is 12.1 Å². The van der Waals surface area contributed by atoms with Gasteiger partial charge in [0, 0.05) is 12.1 Å². The summed E-state index contributed by atoms with van der Waals surface area (Å²) in [6.45, 7) is 4.31. The topological polar surface area (TPSA) is 72.2 Å². The molecule has 0 saturated heterocycles. The first-order valence-electron chi connectivity index (χ1n) is 7.73. The maximum Gasteiger partial charge on any atom is 0.240 e. The summed E-state index contributed by atoms with van der Waals surface area (Å²) in [6.07, 6.45) is 4.40. The molecule has 118 valence electrons. The number of hydrogen-bond donors (Lipinski definition) is 2. The lowest BCUT2D eigenvalue weighted by atomic mass is 9.93. The van der Waals surface area contributed by atoms with E-state index in [2.05, 4.69) is 18.6 Å². The van der Waals surface area contributed by atoms with Crippen LogP contribution in [0.4, 0.5) is 0 Å². The molecule has 0 spiro atoms. The third-order valence-corrected chi connectivity index (χ3v) is 5.51. The lowest BCUT2D eigenvalue weighted by Gasteiger charge is -2.26. The number of benzene rings is 1. The van der Waals surface area contributed by atoms with E-state index in [9.17, 15) is 8.42 Å². The lowest BCUT2D eigenvalue weighted by Crippen LogP contribution is -2.40. The molecule has 1 aromatic carbocycles. The molecule has 1 fully saturated rings. The highest BCUT2D eigenvalue weighted by molar-refractivity contribution is 7.89. The van der Waals surface area contributed by atoms with Crippen LogP contribution in [0, 0.1) is 5.92 Å². The van der Waals surface area contributed by atoms with Crippen LogP contribution < -0.4 is 10.5 Å². The Bertz CT molecular complexity index is 544. The molecule has 1 aromatic rings. The molecular weight excluding hydrogens is 284 g/mol. The lowest BCUT2D eigenvalue weighted by molar-refractivity contribution is 0.373. The third kappa shape index (κ3) is 4.80. The van der Waals surface area contributed by atoms with Gasteiger partial charge in [-0.3, -0.25) is 0 Å². The SMILES string of the molecule is CC(C)Cc1ccc(S(=O)(=O)NC2CCC(N)CC2)cc1. The Morgan fingerprint density at radius 2 is 1.71 bits per heavy atom. The highest BCUT2D eigenvalue weighted by Crippen LogP contribution is 2.20. The summed E-state index contributed by atoms with van der Waals surface area (Å²) < 4.78 is 27.6. The minimum absolute atomic E-state index is 0.0186. The highest BCUT2D eigenvalue weighted by Gasteiger charge is 2.24. The standard InChI is InChI=1S/C16H26N2O2S/c1-12(2)11-13-3-9-16(10-4-13)21(19,20)18-15-7-5-14(17)6-8-15/h3-4,9-10,12,14-15,18H,5-8,11,17H2,1-2H3. The summed E-state index contributed by atoms with van der Waals surface area (Å²) in [6, 6.07) is 7.46. The van der Waals surface area contributed by atoms with Gasteiger partial charge in [0.15, 0.2) is 0 Å². The first kappa shape index (κ1) is 16.5. The molecule has 0 radical (unpaired) electrons. The molecule has 0 bridgehead atoms. The van der Waals surface area contributed by atoms with Crippen LogP contribution >= 0.6 is 0 Å². The summed E-state index contributed by atoms with van der Waals surface area (Å²) in [5, 5.41) is 0. The molecule has 4 nitrogen and oxygen atoms in total. The quantitative estimate of drug-likeness (QED) is 0.877. The Balaban J connectivity index is 2.02. The molecule has 0 atom stereocenters. The van der Waals surface area contributed by atoms with Crippen LogP contribution in [-0.4, -0.2) is 20.5 Å². The van der Waals surface area contributed by atoms with E-state index >= 15 is 0 Å². The van der Waals surface area contributed by atoms with Gasteiger partial charge in [-0.2, -0.15) is 0 Å². The normalized spacial score (nSPS) is 23.4. The van der Waals surface area contributed by atoms with Gasteiger partial charge in [0.1, 0.15) is 0 Å². The Morgan fingerprint density at radius 3 is 2.24 bits per heavy atom. The maximum absolute atomic E-state index is 12.4. The summed E-state index contributed by atoms with van der Waals surface area (Å²) in [7, 11) is -3.41. The molecule has 5 heteroatoms. The predicted octanol–water partition coefficient (Wildman–Crippen LogP) is 2.43. The van der Waals surface area contributed by atoms with Gasteiger partial charge in [-0.05, 0) is 55.7 Å².